The van der Waals surface area contributed by atoms with Crippen LogP contribution in [0, 0.1) is 6.92 Å². The highest BCUT2D eigenvalue weighted by molar-refractivity contribution is 14.1. The molecular weight excluding hydrogens is 385 g/mol. The molecule has 2 nitrogen and oxygen atoms in total. The van der Waals surface area contributed by atoms with Gasteiger partial charge in [0.25, 0.3) is 0 Å². The summed E-state index contributed by atoms with van der Waals surface area (Å²) in [5.41, 5.74) is 5.64. The number of furan rings is 1. The van der Waals surface area contributed by atoms with E-state index in [1.165, 1.54) is 38.1 Å². The SMILES string of the molecule is Cc1ccc2c(c1)c1c3oc4ccccc4c3ccc1n2I. The molecule has 3 heteroatoms. The Kier molecular flexibility index (Phi) is 2.42. The molecule has 0 unspecified atom stereocenters. The zero-order valence-corrected chi connectivity index (χ0v) is 14.1. The number of halogens is 1. The van der Waals surface area contributed by atoms with Crippen molar-refractivity contribution in [1.82, 2.24) is 2.78 Å². The van der Waals surface area contributed by atoms with Gasteiger partial charge in [0.15, 0.2) is 0 Å². The second-order valence-electron chi connectivity index (χ2n) is 5.74. The molecule has 5 aromatic rings. The molecule has 0 bridgehead atoms. The Morgan fingerprint density at radius 1 is 0.864 bits per heavy atom. The molecule has 0 aliphatic heterocycles. The predicted molar refractivity (Wildman–Crippen MR) is 101 cm³/mol. The number of hydrogen-bond acceptors (Lipinski definition) is 1. The van der Waals surface area contributed by atoms with Crippen LogP contribution in [0.15, 0.2) is 59.0 Å². The highest BCUT2D eigenvalue weighted by Gasteiger charge is 2.16. The van der Waals surface area contributed by atoms with E-state index < -0.39 is 0 Å². The van der Waals surface area contributed by atoms with E-state index in [0.717, 1.165) is 11.2 Å². The Morgan fingerprint density at radius 2 is 1.68 bits per heavy atom. The number of para-hydroxylation sites is 1. The van der Waals surface area contributed by atoms with Gasteiger partial charge in [0, 0.05) is 16.2 Å². The molecule has 0 spiro atoms. The Bertz CT molecular complexity index is 1200. The van der Waals surface area contributed by atoms with E-state index in [1.54, 1.807) is 0 Å². The van der Waals surface area contributed by atoms with E-state index in [9.17, 15) is 0 Å². The first-order valence-corrected chi connectivity index (χ1v) is 8.22. The number of aromatic nitrogens is 1. The quantitative estimate of drug-likeness (QED) is 0.285. The summed E-state index contributed by atoms with van der Waals surface area (Å²) in [6, 6.07) is 19.2. The number of benzene rings is 3. The van der Waals surface area contributed by atoms with Gasteiger partial charge < -0.3 is 4.42 Å². The fraction of sp³-hybridized carbons (Fsp3) is 0.0526. The van der Waals surface area contributed by atoms with Crippen LogP contribution in [0.3, 0.4) is 0 Å². The van der Waals surface area contributed by atoms with Gasteiger partial charge in [0.05, 0.1) is 39.3 Å². The van der Waals surface area contributed by atoms with Crippen molar-refractivity contribution in [2.45, 2.75) is 6.92 Å². The lowest BCUT2D eigenvalue weighted by Crippen LogP contribution is -1.77. The third kappa shape index (κ3) is 1.49. The van der Waals surface area contributed by atoms with Gasteiger partial charge in [-0.2, -0.15) is 0 Å². The number of fused-ring (bicyclic) bond motifs is 7. The molecule has 22 heavy (non-hydrogen) atoms. The van der Waals surface area contributed by atoms with Crippen molar-refractivity contribution in [3.05, 3.63) is 60.2 Å². The number of rotatable bonds is 0. The molecule has 2 heterocycles. The molecule has 3 aromatic carbocycles. The second kappa shape index (κ2) is 4.26. The largest absolute Gasteiger partial charge is 0.455 e. The number of aryl methyl sites for hydroxylation is 1. The number of nitrogens with zero attached hydrogens (tertiary/aromatic N) is 1. The van der Waals surface area contributed by atoms with Crippen molar-refractivity contribution in [3.8, 4) is 0 Å². The fourth-order valence-corrected chi connectivity index (χ4v) is 4.18. The maximum absolute atomic E-state index is 6.21. The molecule has 0 amide bonds. The van der Waals surface area contributed by atoms with Crippen LogP contribution in [0.5, 0.6) is 0 Å². The lowest BCUT2D eigenvalue weighted by molar-refractivity contribution is 0.673. The zero-order valence-electron chi connectivity index (χ0n) is 11.9. The molecule has 0 atom stereocenters. The lowest BCUT2D eigenvalue weighted by atomic mass is 10.1. The Labute approximate surface area is 140 Å². The molecule has 2 aromatic heterocycles. The second-order valence-corrected chi connectivity index (χ2v) is 6.70. The average molecular weight is 397 g/mol. The van der Waals surface area contributed by atoms with Crippen LogP contribution in [0.2, 0.25) is 0 Å². The molecule has 5 rings (SSSR count). The molecule has 0 radical (unpaired) electrons. The minimum atomic E-state index is 0.951. The predicted octanol–water partition coefficient (Wildman–Crippen LogP) is 6.20. The summed E-state index contributed by atoms with van der Waals surface area (Å²) in [6.07, 6.45) is 0. The minimum Gasteiger partial charge on any atom is -0.455 e. The topological polar surface area (TPSA) is 18.1 Å². The van der Waals surface area contributed by atoms with Crippen LogP contribution < -0.4 is 0 Å². The molecule has 0 saturated heterocycles. The molecule has 0 saturated carbocycles. The van der Waals surface area contributed by atoms with Gasteiger partial charge in [-0.05, 0) is 37.3 Å². The van der Waals surface area contributed by atoms with E-state index in [1.807, 2.05) is 12.1 Å². The van der Waals surface area contributed by atoms with Crippen LogP contribution in [0.4, 0.5) is 0 Å². The van der Waals surface area contributed by atoms with Gasteiger partial charge in [-0.3, -0.25) is 2.78 Å². The standard InChI is InChI=1S/C19H12INO/c1-11-6-8-15-14(10-11)18-16(21(15)20)9-7-13-12-4-2-3-5-17(12)22-19(13)18/h2-10H,1H3. The summed E-state index contributed by atoms with van der Waals surface area (Å²) >= 11 is 2.37. The summed E-state index contributed by atoms with van der Waals surface area (Å²) in [7, 11) is 0. The van der Waals surface area contributed by atoms with Crippen molar-refractivity contribution in [1.29, 1.82) is 0 Å². The van der Waals surface area contributed by atoms with Crippen molar-refractivity contribution < 1.29 is 4.42 Å². The van der Waals surface area contributed by atoms with Crippen molar-refractivity contribution in [2.75, 3.05) is 0 Å². The number of hydrogen-bond donors (Lipinski definition) is 0. The molecule has 0 fully saturated rings. The monoisotopic (exact) mass is 397 g/mol. The minimum absolute atomic E-state index is 0.951. The fourth-order valence-electron chi connectivity index (χ4n) is 3.35. The lowest BCUT2D eigenvalue weighted by Gasteiger charge is -1.95. The summed E-state index contributed by atoms with van der Waals surface area (Å²) in [5, 5.41) is 4.84. The van der Waals surface area contributed by atoms with E-state index in [2.05, 4.69) is 75.0 Å². The first kappa shape index (κ1) is 12.5. The van der Waals surface area contributed by atoms with Crippen LogP contribution >= 0.6 is 22.9 Å². The van der Waals surface area contributed by atoms with Crippen molar-refractivity contribution in [3.63, 3.8) is 0 Å². The van der Waals surface area contributed by atoms with Crippen molar-refractivity contribution >= 4 is 66.6 Å². The maximum atomic E-state index is 6.21. The van der Waals surface area contributed by atoms with E-state index in [4.69, 9.17) is 4.42 Å². The van der Waals surface area contributed by atoms with E-state index >= 15 is 0 Å². The molecule has 0 aliphatic rings. The Morgan fingerprint density at radius 3 is 2.59 bits per heavy atom. The maximum Gasteiger partial charge on any atom is 0.145 e. The van der Waals surface area contributed by atoms with Gasteiger partial charge in [-0.15, -0.1) is 0 Å². The first-order chi connectivity index (χ1) is 10.7. The van der Waals surface area contributed by atoms with E-state index in [-0.39, 0.29) is 0 Å². The molecule has 0 N–H and O–H groups in total. The van der Waals surface area contributed by atoms with Gasteiger partial charge in [0.1, 0.15) is 11.2 Å². The third-order valence-corrected chi connectivity index (χ3v) is 5.41. The smallest absolute Gasteiger partial charge is 0.145 e. The average Bonchev–Trinajstić information content (AvgIpc) is 3.03. The van der Waals surface area contributed by atoms with Crippen LogP contribution in [-0.4, -0.2) is 2.78 Å². The Balaban J connectivity index is 2.14. The van der Waals surface area contributed by atoms with Gasteiger partial charge in [-0.25, -0.2) is 0 Å². The van der Waals surface area contributed by atoms with Gasteiger partial charge in [0.2, 0.25) is 0 Å². The normalized spacial score (nSPS) is 12.1. The third-order valence-electron chi connectivity index (χ3n) is 4.37. The summed E-state index contributed by atoms with van der Waals surface area (Å²) in [5.74, 6) is 0. The zero-order chi connectivity index (χ0) is 14.8. The Hall–Kier alpha value is -2.01. The molecular formula is C19H12INO. The van der Waals surface area contributed by atoms with E-state index in [0.29, 0.717) is 0 Å². The van der Waals surface area contributed by atoms with Crippen LogP contribution in [0.25, 0.3) is 43.7 Å². The summed E-state index contributed by atoms with van der Waals surface area (Å²) in [4.78, 5) is 0. The van der Waals surface area contributed by atoms with Crippen LogP contribution in [0.1, 0.15) is 5.56 Å². The highest BCUT2D eigenvalue weighted by atomic mass is 127. The van der Waals surface area contributed by atoms with Gasteiger partial charge in [-0.1, -0.05) is 29.8 Å². The van der Waals surface area contributed by atoms with Crippen LogP contribution in [-0.2, 0) is 0 Å². The summed E-state index contributed by atoms with van der Waals surface area (Å²) in [6.45, 7) is 2.13. The molecule has 0 aliphatic carbocycles. The van der Waals surface area contributed by atoms with Crippen molar-refractivity contribution in [2.24, 2.45) is 0 Å². The molecule has 106 valence electrons. The van der Waals surface area contributed by atoms with Gasteiger partial charge >= 0.3 is 0 Å². The highest BCUT2D eigenvalue weighted by Crippen LogP contribution is 2.40. The summed E-state index contributed by atoms with van der Waals surface area (Å²) < 4.78 is 8.43. The first-order valence-electron chi connectivity index (χ1n) is 7.25.